The smallest absolute Gasteiger partial charge is 0.310 e. The average molecular weight is 388 g/mol. The van der Waals surface area contributed by atoms with E-state index in [2.05, 4.69) is 0 Å². The van der Waals surface area contributed by atoms with Crippen LogP contribution in [-0.4, -0.2) is 21.5 Å². The zero-order valence-electron chi connectivity index (χ0n) is 15.0. The molecule has 2 unspecified atom stereocenters. The Balaban J connectivity index is 2.44. The van der Waals surface area contributed by atoms with Crippen molar-refractivity contribution in [3.63, 3.8) is 0 Å². The number of carbonyl (C=O) groups is 1. The van der Waals surface area contributed by atoms with Crippen molar-refractivity contribution in [2.75, 3.05) is 6.26 Å². The normalized spacial score (nSPS) is 17.5. The van der Waals surface area contributed by atoms with E-state index < -0.39 is 34.3 Å². The lowest BCUT2D eigenvalue weighted by atomic mass is 9.93. The van der Waals surface area contributed by atoms with Crippen LogP contribution < -0.4 is 0 Å². The fraction of sp³-hybridized carbons (Fsp3) is 0.190. The van der Waals surface area contributed by atoms with Crippen molar-refractivity contribution in [3.05, 3.63) is 76.4 Å². The van der Waals surface area contributed by atoms with Gasteiger partial charge in [-0.1, -0.05) is 30.3 Å². The highest BCUT2D eigenvalue weighted by Gasteiger charge is 2.34. The van der Waals surface area contributed by atoms with Crippen LogP contribution in [0, 0.1) is 17.6 Å². The van der Waals surface area contributed by atoms with E-state index in [0.717, 1.165) is 12.1 Å². The lowest BCUT2D eigenvalue weighted by Gasteiger charge is -2.13. The zero-order chi connectivity index (χ0) is 19.9. The Morgan fingerprint density at radius 3 is 2.15 bits per heavy atom. The van der Waals surface area contributed by atoms with Gasteiger partial charge in [-0.25, -0.2) is 8.78 Å². The molecule has 0 spiro atoms. The van der Waals surface area contributed by atoms with Crippen LogP contribution in [0.25, 0.3) is 16.1 Å². The van der Waals surface area contributed by atoms with Gasteiger partial charge >= 0.3 is 5.97 Å². The number of benzene rings is 2. The van der Waals surface area contributed by atoms with Crippen LogP contribution in [0.4, 0.5) is 8.78 Å². The SMILES string of the molecule is CC1=C(C(C)C(=O)O)c2cc(F)c(F)cc2C1=C(c1ccccc1)S(C)=O. The van der Waals surface area contributed by atoms with Crippen molar-refractivity contribution in [2.45, 2.75) is 13.8 Å². The molecule has 140 valence electrons. The summed E-state index contributed by atoms with van der Waals surface area (Å²) in [5, 5.41) is 9.48. The second kappa shape index (κ2) is 7.19. The monoisotopic (exact) mass is 388 g/mol. The van der Waals surface area contributed by atoms with Gasteiger partial charge in [0.2, 0.25) is 0 Å². The van der Waals surface area contributed by atoms with Crippen molar-refractivity contribution in [1.82, 2.24) is 0 Å². The molecular weight excluding hydrogens is 370 g/mol. The molecule has 0 amide bonds. The molecular formula is C21H18F2O3S. The van der Waals surface area contributed by atoms with Crippen LogP contribution in [0.1, 0.15) is 30.5 Å². The summed E-state index contributed by atoms with van der Waals surface area (Å²) in [7, 11) is -1.44. The Labute approximate surface area is 158 Å². The Morgan fingerprint density at radius 1 is 1.07 bits per heavy atom. The number of aliphatic carboxylic acids is 1. The maximum Gasteiger partial charge on any atom is 0.310 e. The fourth-order valence-electron chi connectivity index (χ4n) is 3.53. The van der Waals surface area contributed by atoms with E-state index in [1.807, 2.05) is 6.07 Å². The van der Waals surface area contributed by atoms with Gasteiger partial charge in [-0.05, 0) is 53.8 Å². The quantitative estimate of drug-likeness (QED) is 0.825. The molecule has 6 heteroatoms. The summed E-state index contributed by atoms with van der Waals surface area (Å²) in [4.78, 5) is 12.1. The van der Waals surface area contributed by atoms with Gasteiger partial charge in [-0.2, -0.15) is 0 Å². The second-order valence-electron chi connectivity index (χ2n) is 6.43. The minimum Gasteiger partial charge on any atom is -0.481 e. The van der Waals surface area contributed by atoms with Crippen molar-refractivity contribution in [2.24, 2.45) is 5.92 Å². The largest absolute Gasteiger partial charge is 0.481 e. The van der Waals surface area contributed by atoms with Gasteiger partial charge in [0, 0.05) is 11.8 Å². The van der Waals surface area contributed by atoms with Crippen LogP contribution in [-0.2, 0) is 15.6 Å². The second-order valence-corrected chi connectivity index (χ2v) is 7.75. The molecule has 3 nitrogen and oxygen atoms in total. The lowest BCUT2D eigenvalue weighted by Crippen LogP contribution is -2.11. The number of hydrogen-bond donors (Lipinski definition) is 1. The molecule has 1 N–H and O–H groups in total. The summed E-state index contributed by atoms with van der Waals surface area (Å²) >= 11 is 0. The molecule has 0 saturated heterocycles. The minimum atomic E-state index is -1.44. The van der Waals surface area contributed by atoms with Crippen molar-refractivity contribution in [3.8, 4) is 0 Å². The summed E-state index contributed by atoms with van der Waals surface area (Å²) in [5.74, 6) is -4.07. The van der Waals surface area contributed by atoms with Gasteiger partial charge in [-0.15, -0.1) is 0 Å². The number of rotatable bonds is 4. The van der Waals surface area contributed by atoms with Crippen LogP contribution in [0.15, 0.2) is 48.0 Å². The first-order valence-electron chi connectivity index (χ1n) is 8.30. The summed E-state index contributed by atoms with van der Waals surface area (Å²) in [6, 6.07) is 11.1. The van der Waals surface area contributed by atoms with Gasteiger partial charge in [0.1, 0.15) is 0 Å². The molecule has 2 aromatic rings. The highest BCUT2D eigenvalue weighted by atomic mass is 32.2. The summed E-state index contributed by atoms with van der Waals surface area (Å²) < 4.78 is 40.5. The van der Waals surface area contributed by atoms with Gasteiger partial charge in [0.05, 0.1) is 21.6 Å². The molecule has 0 aliphatic heterocycles. The van der Waals surface area contributed by atoms with Gasteiger partial charge in [0.25, 0.3) is 0 Å². The van der Waals surface area contributed by atoms with E-state index in [4.69, 9.17) is 0 Å². The van der Waals surface area contributed by atoms with Crippen LogP contribution in [0.2, 0.25) is 0 Å². The number of carboxylic acid groups (broad SMARTS) is 1. The number of carboxylic acids is 1. The Kier molecular flexibility index (Phi) is 5.11. The first kappa shape index (κ1) is 19.2. The molecule has 27 heavy (non-hydrogen) atoms. The number of fused-ring (bicyclic) bond motifs is 1. The maximum atomic E-state index is 14.0. The van der Waals surface area contributed by atoms with Crippen molar-refractivity contribution < 1.29 is 22.9 Å². The van der Waals surface area contributed by atoms with E-state index in [0.29, 0.717) is 38.3 Å². The molecule has 2 aromatic carbocycles. The van der Waals surface area contributed by atoms with E-state index >= 15 is 0 Å². The highest BCUT2D eigenvalue weighted by Crippen LogP contribution is 2.48. The third-order valence-electron chi connectivity index (χ3n) is 4.75. The summed E-state index contributed by atoms with van der Waals surface area (Å²) in [5.41, 5.74) is 2.86. The third kappa shape index (κ3) is 3.25. The Morgan fingerprint density at radius 2 is 1.63 bits per heavy atom. The fourth-order valence-corrected chi connectivity index (χ4v) is 4.55. The number of halogens is 2. The molecule has 0 fully saturated rings. The van der Waals surface area contributed by atoms with Gasteiger partial charge in [-0.3, -0.25) is 9.00 Å². The van der Waals surface area contributed by atoms with E-state index in [1.54, 1.807) is 31.2 Å². The Hall–Kier alpha value is -2.60. The van der Waals surface area contributed by atoms with Crippen LogP contribution in [0.5, 0.6) is 0 Å². The molecule has 0 bridgehead atoms. The summed E-state index contributed by atoms with van der Waals surface area (Å²) in [6.45, 7) is 3.20. The van der Waals surface area contributed by atoms with E-state index in [1.165, 1.54) is 13.2 Å². The van der Waals surface area contributed by atoms with Gasteiger partial charge < -0.3 is 5.11 Å². The molecule has 2 atom stereocenters. The molecule has 1 aliphatic rings. The predicted molar refractivity (Wildman–Crippen MR) is 103 cm³/mol. The number of hydrogen-bond acceptors (Lipinski definition) is 2. The topological polar surface area (TPSA) is 54.4 Å². The molecule has 0 aromatic heterocycles. The van der Waals surface area contributed by atoms with Crippen LogP contribution in [0.3, 0.4) is 0 Å². The molecule has 0 radical (unpaired) electrons. The molecule has 0 heterocycles. The molecule has 0 saturated carbocycles. The zero-order valence-corrected chi connectivity index (χ0v) is 15.9. The lowest BCUT2D eigenvalue weighted by molar-refractivity contribution is -0.139. The van der Waals surface area contributed by atoms with E-state index in [-0.39, 0.29) is 0 Å². The average Bonchev–Trinajstić information content (AvgIpc) is 2.87. The highest BCUT2D eigenvalue weighted by molar-refractivity contribution is 7.94. The standard InChI is InChI=1S/C21H18F2O3S/c1-11-18(12(2)21(24)25)14-9-16(22)17(23)10-15(14)19(11)20(27(3)26)13-7-5-4-6-8-13/h4-10,12H,1-3H3,(H,24,25). The predicted octanol–water partition coefficient (Wildman–Crippen LogP) is 4.72. The molecule has 3 rings (SSSR count). The minimum absolute atomic E-state index is 0.329. The van der Waals surface area contributed by atoms with Crippen molar-refractivity contribution >= 4 is 32.8 Å². The van der Waals surface area contributed by atoms with Crippen LogP contribution >= 0.6 is 0 Å². The van der Waals surface area contributed by atoms with Crippen molar-refractivity contribution in [1.29, 1.82) is 0 Å². The van der Waals surface area contributed by atoms with E-state index in [9.17, 15) is 22.9 Å². The molecule has 1 aliphatic carbocycles. The summed E-state index contributed by atoms with van der Waals surface area (Å²) in [6.07, 6.45) is 1.51. The maximum absolute atomic E-state index is 14.0. The van der Waals surface area contributed by atoms with Gasteiger partial charge in [0.15, 0.2) is 11.6 Å². The number of allylic oxidation sites excluding steroid dienone is 2. The first-order chi connectivity index (χ1) is 12.7. The third-order valence-corrected chi connectivity index (χ3v) is 5.77. The first-order valence-corrected chi connectivity index (χ1v) is 9.86. The Bertz CT molecular complexity index is 1020.